The second kappa shape index (κ2) is 9.11. The summed E-state index contributed by atoms with van der Waals surface area (Å²) in [5.74, 6) is -4.22. The van der Waals surface area contributed by atoms with E-state index in [1.54, 1.807) is 0 Å². The van der Waals surface area contributed by atoms with E-state index < -0.39 is 57.5 Å². The summed E-state index contributed by atoms with van der Waals surface area (Å²) in [7, 11) is 0. The molecule has 1 fully saturated rings. The number of ether oxygens (including phenoxy) is 1. The second-order valence-corrected chi connectivity index (χ2v) is 8.34. The molecule has 2 amide bonds. The molecule has 8 nitrogen and oxygen atoms in total. The maximum absolute atomic E-state index is 14.1. The van der Waals surface area contributed by atoms with E-state index >= 15 is 0 Å². The first-order valence-electron chi connectivity index (χ1n) is 10.6. The number of benzene rings is 1. The van der Waals surface area contributed by atoms with E-state index in [2.05, 4.69) is 5.32 Å². The Morgan fingerprint density at radius 2 is 2.09 bits per heavy atom. The number of unbranched alkanes of at least 4 members (excludes halogenated alkanes) is 1. The highest BCUT2D eigenvalue weighted by Crippen LogP contribution is 2.36. The number of fused-ring (bicyclic) bond motifs is 2. The van der Waals surface area contributed by atoms with Crippen LogP contribution in [-0.2, 0) is 11.3 Å². The number of aromatic nitrogens is 1. The van der Waals surface area contributed by atoms with Gasteiger partial charge in [0.1, 0.15) is 22.2 Å². The van der Waals surface area contributed by atoms with Gasteiger partial charge in [0.15, 0.2) is 17.7 Å². The smallest absolute Gasteiger partial charge is 0.276 e. The van der Waals surface area contributed by atoms with Gasteiger partial charge in [-0.3, -0.25) is 14.4 Å². The molecule has 3 heterocycles. The van der Waals surface area contributed by atoms with Crippen molar-refractivity contribution in [3.05, 3.63) is 62.0 Å². The van der Waals surface area contributed by atoms with Gasteiger partial charge in [-0.25, -0.2) is 8.78 Å². The number of rotatable bonds is 6. The molecule has 1 aromatic heterocycles. The Morgan fingerprint density at radius 1 is 1.33 bits per heavy atom. The van der Waals surface area contributed by atoms with Crippen LogP contribution in [0.1, 0.15) is 58.6 Å². The van der Waals surface area contributed by atoms with Crippen molar-refractivity contribution in [2.45, 2.75) is 45.0 Å². The largest absolute Gasteiger partial charge is 0.503 e. The van der Waals surface area contributed by atoms with E-state index in [1.807, 2.05) is 6.92 Å². The molecule has 0 radical (unpaired) electrons. The van der Waals surface area contributed by atoms with Gasteiger partial charge in [-0.05, 0) is 12.5 Å². The molecule has 1 aromatic carbocycles. The first kappa shape index (κ1) is 23.2. The molecule has 0 spiro atoms. The van der Waals surface area contributed by atoms with Crippen LogP contribution in [0.5, 0.6) is 5.75 Å². The van der Waals surface area contributed by atoms with Crippen LogP contribution in [0, 0.1) is 11.6 Å². The van der Waals surface area contributed by atoms with E-state index in [9.17, 15) is 28.3 Å². The minimum absolute atomic E-state index is 0.0805. The van der Waals surface area contributed by atoms with Crippen LogP contribution >= 0.6 is 11.6 Å². The molecular formula is C22H22ClF2N3O5. The third-order valence-electron chi connectivity index (χ3n) is 5.94. The van der Waals surface area contributed by atoms with Gasteiger partial charge in [-0.15, -0.1) is 0 Å². The highest BCUT2D eigenvalue weighted by atomic mass is 35.5. The number of nitrogens with one attached hydrogen (secondary N) is 1. The average Bonchev–Trinajstić information content (AvgIpc) is 3.29. The Bertz CT molecular complexity index is 1190. The number of hydrogen-bond donors (Lipinski definition) is 2. The number of amides is 2. The maximum atomic E-state index is 14.1. The molecule has 2 aromatic rings. The topological polar surface area (TPSA) is 101 Å². The number of pyridine rings is 1. The fourth-order valence-corrected chi connectivity index (χ4v) is 4.41. The predicted octanol–water partition coefficient (Wildman–Crippen LogP) is 2.96. The lowest BCUT2D eigenvalue weighted by Gasteiger charge is -2.38. The number of nitrogens with zero attached hydrogens (tertiary/aromatic N) is 2. The van der Waals surface area contributed by atoms with Gasteiger partial charge >= 0.3 is 0 Å². The van der Waals surface area contributed by atoms with Crippen molar-refractivity contribution in [2.24, 2.45) is 0 Å². The summed E-state index contributed by atoms with van der Waals surface area (Å²) in [5, 5.41) is 12.3. The van der Waals surface area contributed by atoms with Crippen molar-refractivity contribution < 1.29 is 28.2 Å². The summed E-state index contributed by atoms with van der Waals surface area (Å²) >= 11 is 5.56. The number of carbonyl (C=O) groups excluding carboxylic acids is 2. The summed E-state index contributed by atoms with van der Waals surface area (Å²) in [4.78, 5) is 39.9. The fraction of sp³-hybridized carbons (Fsp3) is 0.409. The molecule has 0 aliphatic carbocycles. The van der Waals surface area contributed by atoms with Crippen LogP contribution in [-0.4, -0.2) is 45.8 Å². The number of halogens is 3. The average molecular weight is 482 g/mol. The van der Waals surface area contributed by atoms with E-state index in [4.69, 9.17) is 16.3 Å². The summed E-state index contributed by atoms with van der Waals surface area (Å²) in [6.45, 7) is 2.31. The molecule has 176 valence electrons. The van der Waals surface area contributed by atoms with E-state index in [0.29, 0.717) is 19.6 Å². The summed E-state index contributed by atoms with van der Waals surface area (Å²) in [6.07, 6.45) is 2.94. The van der Waals surface area contributed by atoms with Crippen LogP contribution in [0.3, 0.4) is 0 Å². The lowest BCUT2D eigenvalue weighted by molar-refractivity contribution is -0.0178. The molecule has 2 aliphatic heterocycles. The molecule has 2 N–H and O–H groups in total. The highest BCUT2D eigenvalue weighted by molar-refractivity contribution is 6.30. The van der Waals surface area contributed by atoms with Crippen LogP contribution in [0.15, 0.2) is 23.1 Å². The highest BCUT2D eigenvalue weighted by Gasteiger charge is 2.45. The molecular weight excluding hydrogens is 460 g/mol. The lowest BCUT2D eigenvalue weighted by atomic mass is 10.0. The Balaban J connectivity index is 1.69. The van der Waals surface area contributed by atoms with Crippen molar-refractivity contribution in [3.8, 4) is 5.75 Å². The third kappa shape index (κ3) is 3.97. The van der Waals surface area contributed by atoms with E-state index in [0.717, 1.165) is 25.0 Å². The van der Waals surface area contributed by atoms with Crippen molar-refractivity contribution in [1.29, 1.82) is 0 Å². The molecule has 2 aliphatic rings. The third-order valence-corrected chi connectivity index (χ3v) is 6.29. The van der Waals surface area contributed by atoms with Crippen molar-refractivity contribution in [1.82, 2.24) is 14.8 Å². The molecule has 11 heteroatoms. The molecule has 0 saturated carbocycles. The monoisotopic (exact) mass is 481 g/mol. The normalized spacial score (nSPS) is 19.4. The fourth-order valence-electron chi connectivity index (χ4n) is 4.22. The Morgan fingerprint density at radius 3 is 2.82 bits per heavy atom. The van der Waals surface area contributed by atoms with Crippen LogP contribution in [0.2, 0.25) is 5.02 Å². The summed E-state index contributed by atoms with van der Waals surface area (Å²) < 4.78 is 34.7. The second-order valence-electron chi connectivity index (χ2n) is 7.96. The first-order valence-corrected chi connectivity index (χ1v) is 10.9. The molecule has 2 atom stereocenters. The molecule has 1 saturated heterocycles. The van der Waals surface area contributed by atoms with Crippen LogP contribution < -0.4 is 10.7 Å². The zero-order valence-electron chi connectivity index (χ0n) is 17.7. The minimum Gasteiger partial charge on any atom is -0.503 e. The van der Waals surface area contributed by atoms with Gasteiger partial charge < -0.3 is 24.6 Å². The first-order chi connectivity index (χ1) is 15.8. The van der Waals surface area contributed by atoms with Gasteiger partial charge in [0.25, 0.3) is 11.8 Å². The van der Waals surface area contributed by atoms with Gasteiger partial charge in [0.2, 0.25) is 5.43 Å². The van der Waals surface area contributed by atoms with Gasteiger partial charge in [0.05, 0.1) is 12.6 Å². The van der Waals surface area contributed by atoms with Crippen molar-refractivity contribution in [3.63, 3.8) is 0 Å². The lowest BCUT2D eigenvalue weighted by Crippen LogP contribution is -2.49. The molecule has 0 bridgehead atoms. The van der Waals surface area contributed by atoms with Gasteiger partial charge in [0, 0.05) is 24.8 Å². The number of carbonyl (C=O) groups is 2. The zero-order chi connectivity index (χ0) is 23.9. The SMILES string of the molecule is CCCC[C@H]1[C@@H]2OCCN2C(=O)c2c(O)c(=O)c(C(=O)NCc3ccc(F)c(Cl)c3F)cn21. The van der Waals surface area contributed by atoms with E-state index in [1.165, 1.54) is 15.7 Å². The predicted molar refractivity (Wildman–Crippen MR) is 114 cm³/mol. The van der Waals surface area contributed by atoms with Crippen LogP contribution in [0.25, 0.3) is 0 Å². The molecule has 4 rings (SSSR count). The van der Waals surface area contributed by atoms with E-state index in [-0.39, 0.29) is 17.8 Å². The minimum atomic E-state index is -1.02. The zero-order valence-corrected chi connectivity index (χ0v) is 18.5. The molecule has 0 unspecified atom stereocenters. The summed E-state index contributed by atoms with van der Waals surface area (Å²) in [5.41, 5.74) is -1.69. The quantitative estimate of drug-likeness (QED) is 0.618. The van der Waals surface area contributed by atoms with Crippen LogP contribution in [0.4, 0.5) is 8.78 Å². The number of hydrogen-bond acceptors (Lipinski definition) is 5. The summed E-state index contributed by atoms with van der Waals surface area (Å²) in [6, 6.07) is 1.69. The van der Waals surface area contributed by atoms with Gasteiger partial charge in [-0.1, -0.05) is 37.4 Å². The standard InChI is InChI=1S/C22H22ClF2N3O5/c1-2-3-4-14-22-27(7-8-33-22)21(32)17-19(30)18(29)12(10-28(14)17)20(31)26-9-11-5-6-13(24)15(23)16(11)25/h5-6,10,14,22,30H,2-4,7-9H2,1H3,(H,26,31)/t14-,22-/m0/s1. The Labute approximate surface area is 192 Å². The van der Waals surface area contributed by atoms with Crippen molar-refractivity contribution >= 4 is 23.4 Å². The molecule has 33 heavy (non-hydrogen) atoms. The maximum Gasteiger partial charge on any atom is 0.276 e. The van der Waals surface area contributed by atoms with Crippen molar-refractivity contribution in [2.75, 3.05) is 13.2 Å². The van der Waals surface area contributed by atoms with Gasteiger partial charge in [-0.2, -0.15) is 0 Å². The number of aromatic hydroxyl groups is 1. The Hall–Kier alpha value is -2.98. The Kier molecular flexibility index (Phi) is 6.40.